The Hall–Kier alpha value is -3.85. The van der Waals surface area contributed by atoms with Crippen molar-refractivity contribution in [1.29, 1.82) is 0 Å². The van der Waals surface area contributed by atoms with Gasteiger partial charge in [-0.3, -0.25) is 4.79 Å². The maximum atomic E-state index is 12.6. The zero-order chi connectivity index (χ0) is 27.5. The van der Waals surface area contributed by atoms with E-state index in [4.69, 9.17) is 13.7 Å². The second kappa shape index (κ2) is 13.6. The molecule has 0 heterocycles. The summed E-state index contributed by atoms with van der Waals surface area (Å²) >= 11 is 0. The van der Waals surface area contributed by atoms with Crippen LogP contribution in [0, 0.1) is 12.8 Å². The number of hydrogen-bond acceptors (Lipinski definition) is 7. The number of nitrogens with one attached hydrogen (secondary N) is 1. The van der Waals surface area contributed by atoms with Crippen LogP contribution < -0.4 is 9.50 Å². The van der Waals surface area contributed by atoms with E-state index in [1.54, 1.807) is 50.2 Å². The van der Waals surface area contributed by atoms with E-state index in [0.29, 0.717) is 6.42 Å². The largest absolute Gasteiger partial charge is 0.463 e. The van der Waals surface area contributed by atoms with Gasteiger partial charge < -0.3 is 19.0 Å². The lowest BCUT2D eigenvalue weighted by Gasteiger charge is -2.18. The molecule has 202 valence electrons. The second-order valence-electron chi connectivity index (χ2n) is 9.25. The molecule has 0 saturated heterocycles. The van der Waals surface area contributed by atoms with Gasteiger partial charge in [-0.25, -0.2) is 4.79 Å². The molecule has 0 aliphatic carbocycles. The smallest absolute Gasteiger partial charge is 0.407 e. The van der Waals surface area contributed by atoms with Gasteiger partial charge in [0.05, 0.1) is 12.5 Å². The molecule has 0 bridgehead atoms. The number of aryl methyl sites for hydroxylation is 1. The fraction of sp³-hybridized carbons (Fsp3) is 0.310. The van der Waals surface area contributed by atoms with Crippen LogP contribution in [-0.2, 0) is 37.4 Å². The van der Waals surface area contributed by atoms with Crippen molar-refractivity contribution in [3.05, 3.63) is 95.6 Å². The summed E-state index contributed by atoms with van der Waals surface area (Å²) in [6.07, 6.45) is -0.297. The summed E-state index contributed by atoms with van der Waals surface area (Å²) in [7, 11) is -3.96. The Morgan fingerprint density at radius 2 is 1.53 bits per heavy atom. The summed E-state index contributed by atoms with van der Waals surface area (Å²) in [6, 6.07) is 22.3. The third-order valence-corrected chi connectivity index (χ3v) is 6.80. The van der Waals surface area contributed by atoms with E-state index in [-0.39, 0.29) is 48.2 Å². The van der Waals surface area contributed by atoms with E-state index in [0.717, 1.165) is 16.7 Å². The van der Waals surface area contributed by atoms with Crippen LogP contribution in [0.25, 0.3) is 0 Å². The molecule has 1 N–H and O–H groups in total. The quantitative estimate of drug-likeness (QED) is 0.249. The van der Waals surface area contributed by atoms with Gasteiger partial charge in [-0.1, -0.05) is 60.2 Å². The molecule has 3 aromatic rings. The summed E-state index contributed by atoms with van der Waals surface area (Å²) in [6.45, 7) is 5.75. The molecular weight excluding hydrogens is 506 g/mol. The fourth-order valence-corrected chi connectivity index (χ4v) is 4.59. The molecule has 1 atom stereocenters. The molecule has 8 nitrogen and oxygen atoms in total. The number of alkyl carbamates (subject to hydrolysis) is 1. The highest BCUT2D eigenvalue weighted by molar-refractivity contribution is 7.87. The Balaban J connectivity index is 1.60. The van der Waals surface area contributed by atoms with Gasteiger partial charge in [0.15, 0.2) is 0 Å². The molecular formula is C29H33NO7S. The standard InChI is InChI=1S/C29H33NO7S/c1-21(2)36-28(31)18-25(19-30-29(32)35-20-24-7-5-4-6-8-24)17-23-11-13-26(14-12-23)37-38(33,34)27-15-9-22(3)10-16-27/h4-16,21,25H,17-20H2,1-3H3,(H,30,32). The molecule has 38 heavy (non-hydrogen) atoms. The van der Waals surface area contributed by atoms with Crippen LogP contribution in [0.5, 0.6) is 5.75 Å². The molecule has 9 heteroatoms. The van der Waals surface area contributed by atoms with Crippen LogP contribution >= 0.6 is 0 Å². The number of carbonyl (C=O) groups excluding carboxylic acids is 2. The maximum absolute atomic E-state index is 12.6. The number of esters is 1. The minimum absolute atomic E-state index is 0.0705. The van der Waals surface area contributed by atoms with Gasteiger partial charge in [-0.2, -0.15) is 8.42 Å². The number of amides is 1. The van der Waals surface area contributed by atoms with E-state index in [9.17, 15) is 18.0 Å². The first kappa shape index (κ1) is 28.7. The minimum Gasteiger partial charge on any atom is -0.463 e. The highest BCUT2D eigenvalue weighted by Crippen LogP contribution is 2.21. The molecule has 3 rings (SSSR count). The third kappa shape index (κ3) is 9.55. The van der Waals surface area contributed by atoms with Crippen molar-refractivity contribution in [3.8, 4) is 5.75 Å². The van der Waals surface area contributed by atoms with Gasteiger partial charge in [0.25, 0.3) is 0 Å². The van der Waals surface area contributed by atoms with E-state index in [2.05, 4.69) is 5.32 Å². The van der Waals surface area contributed by atoms with Crippen molar-refractivity contribution in [3.63, 3.8) is 0 Å². The Labute approximate surface area is 224 Å². The molecule has 1 amide bonds. The molecule has 3 aromatic carbocycles. The van der Waals surface area contributed by atoms with Gasteiger partial charge in [-0.15, -0.1) is 0 Å². The molecule has 1 unspecified atom stereocenters. The summed E-state index contributed by atoms with van der Waals surface area (Å²) in [5, 5.41) is 2.72. The van der Waals surface area contributed by atoms with Crippen molar-refractivity contribution in [2.75, 3.05) is 6.54 Å². The highest BCUT2D eigenvalue weighted by Gasteiger charge is 2.20. The van der Waals surface area contributed by atoms with Gasteiger partial charge in [0.1, 0.15) is 17.3 Å². The SMILES string of the molecule is Cc1ccc(S(=O)(=O)Oc2ccc(CC(CNC(=O)OCc3ccccc3)CC(=O)OC(C)C)cc2)cc1. The van der Waals surface area contributed by atoms with Crippen LogP contribution in [0.2, 0.25) is 0 Å². The number of benzene rings is 3. The number of carbonyl (C=O) groups is 2. The molecule has 0 spiro atoms. The molecule has 0 saturated carbocycles. The van der Waals surface area contributed by atoms with E-state index >= 15 is 0 Å². The molecule has 0 fully saturated rings. The first-order valence-electron chi connectivity index (χ1n) is 12.3. The van der Waals surface area contributed by atoms with Gasteiger partial charge in [-0.05, 0) is 68.5 Å². The Morgan fingerprint density at radius 3 is 2.16 bits per heavy atom. The predicted octanol–water partition coefficient (Wildman–Crippen LogP) is 5.19. The van der Waals surface area contributed by atoms with Crippen LogP contribution in [0.4, 0.5) is 4.79 Å². The lowest BCUT2D eigenvalue weighted by molar-refractivity contribution is -0.148. The van der Waals surface area contributed by atoms with Gasteiger partial charge >= 0.3 is 22.2 Å². The zero-order valence-corrected chi connectivity index (χ0v) is 22.6. The number of hydrogen-bond donors (Lipinski definition) is 1. The molecule has 0 aromatic heterocycles. The number of rotatable bonds is 12. The maximum Gasteiger partial charge on any atom is 0.407 e. The molecule has 0 aliphatic heterocycles. The van der Waals surface area contributed by atoms with Crippen LogP contribution in [0.15, 0.2) is 83.8 Å². The summed E-state index contributed by atoms with van der Waals surface area (Å²) in [4.78, 5) is 24.6. The van der Waals surface area contributed by atoms with Crippen LogP contribution in [-0.4, -0.2) is 33.1 Å². The lowest BCUT2D eigenvalue weighted by atomic mass is 9.96. The van der Waals surface area contributed by atoms with Crippen molar-refractivity contribution in [2.24, 2.45) is 5.92 Å². The lowest BCUT2D eigenvalue weighted by Crippen LogP contribution is -2.32. The third-order valence-electron chi connectivity index (χ3n) is 5.53. The normalized spacial score (nSPS) is 12.0. The fourth-order valence-electron chi connectivity index (χ4n) is 3.66. The van der Waals surface area contributed by atoms with Gasteiger partial charge in [0.2, 0.25) is 0 Å². The number of ether oxygens (including phenoxy) is 2. The minimum atomic E-state index is -3.96. The van der Waals surface area contributed by atoms with E-state index in [1.165, 1.54) is 12.1 Å². The van der Waals surface area contributed by atoms with Crippen molar-refractivity contribution in [1.82, 2.24) is 5.32 Å². The van der Waals surface area contributed by atoms with Crippen LogP contribution in [0.3, 0.4) is 0 Å². The average Bonchev–Trinajstić information content (AvgIpc) is 2.87. The van der Waals surface area contributed by atoms with E-state index < -0.39 is 16.2 Å². The predicted molar refractivity (Wildman–Crippen MR) is 143 cm³/mol. The van der Waals surface area contributed by atoms with Crippen molar-refractivity contribution >= 4 is 22.2 Å². The van der Waals surface area contributed by atoms with Crippen LogP contribution in [0.1, 0.15) is 37.0 Å². The first-order chi connectivity index (χ1) is 18.1. The summed E-state index contributed by atoms with van der Waals surface area (Å²) in [5.74, 6) is -0.463. The van der Waals surface area contributed by atoms with E-state index in [1.807, 2.05) is 37.3 Å². The summed E-state index contributed by atoms with van der Waals surface area (Å²) in [5.41, 5.74) is 2.65. The second-order valence-corrected chi connectivity index (χ2v) is 10.8. The average molecular weight is 540 g/mol. The van der Waals surface area contributed by atoms with Crippen molar-refractivity contribution in [2.45, 2.75) is 51.2 Å². The Bertz CT molecular complexity index is 1290. The monoisotopic (exact) mass is 539 g/mol. The zero-order valence-electron chi connectivity index (χ0n) is 21.8. The molecule has 0 aliphatic rings. The summed E-state index contributed by atoms with van der Waals surface area (Å²) < 4.78 is 40.9. The van der Waals surface area contributed by atoms with Gasteiger partial charge in [0, 0.05) is 6.54 Å². The van der Waals surface area contributed by atoms with Crippen molar-refractivity contribution < 1.29 is 31.7 Å². The topological polar surface area (TPSA) is 108 Å². The molecule has 0 radical (unpaired) electrons. The highest BCUT2D eigenvalue weighted by atomic mass is 32.2. The first-order valence-corrected chi connectivity index (χ1v) is 13.8. The Morgan fingerprint density at radius 1 is 0.868 bits per heavy atom. The Kier molecular flexibility index (Phi) is 10.3.